The van der Waals surface area contributed by atoms with E-state index in [1.54, 1.807) is 6.92 Å². The van der Waals surface area contributed by atoms with Crippen molar-refractivity contribution < 1.29 is 23.9 Å². The molecule has 2 aliphatic heterocycles. The molecule has 44 heavy (non-hydrogen) atoms. The Morgan fingerprint density at radius 3 is 2.52 bits per heavy atom. The number of hydrogen-bond donors (Lipinski definition) is 0. The average molecular weight is 601 g/mol. The molecular formula is C37H48N2O5. The summed E-state index contributed by atoms with van der Waals surface area (Å²) in [6, 6.07) is 14.9. The van der Waals surface area contributed by atoms with Gasteiger partial charge in [0.2, 0.25) is 5.91 Å². The van der Waals surface area contributed by atoms with E-state index in [9.17, 15) is 14.4 Å². The normalized spacial score (nSPS) is 26.4. The lowest BCUT2D eigenvalue weighted by Gasteiger charge is -2.60. The van der Waals surface area contributed by atoms with Gasteiger partial charge >= 0.3 is 5.97 Å². The maximum atomic E-state index is 13.8. The Kier molecular flexibility index (Phi) is 9.13. The van der Waals surface area contributed by atoms with E-state index >= 15 is 0 Å². The highest BCUT2D eigenvalue weighted by Crippen LogP contribution is 2.64. The molecular weight excluding hydrogens is 552 g/mol. The van der Waals surface area contributed by atoms with Crippen molar-refractivity contribution in [3.63, 3.8) is 0 Å². The van der Waals surface area contributed by atoms with Gasteiger partial charge in [-0.2, -0.15) is 0 Å². The average Bonchev–Trinajstić information content (AvgIpc) is 3.35. The van der Waals surface area contributed by atoms with Crippen LogP contribution in [0.25, 0.3) is 0 Å². The number of carbonyl (C=O) groups is 3. The number of aryl methyl sites for hydroxylation is 1. The van der Waals surface area contributed by atoms with Crippen molar-refractivity contribution in [3.8, 4) is 11.5 Å². The summed E-state index contributed by atoms with van der Waals surface area (Å²) in [5.41, 5.74) is 3.59. The standard InChI is InChI=1S/C37H48N2O5/c1-4-39(33(42)16-12-7-5-6-9-13-27-14-10-8-11-15-27)30-19-18-29-31-23-28-17-20-32(43-26(3)41)35-34(28)37(29,36(30)44-35)21-22-38(31)24-25(2)40/h8,10-11,14-15,17,20,29-31,36H,4-7,9,12-13,16,18-19,21-24H2,1-3H3/t29-,30+,31+,36-,37-/m0/s1. The number of hydrogen-bond acceptors (Lipinski definition) is 6. The third-order valence-electron chi connectivity index (χ3n) is 10.8. The van der Waals surface area contributed by atoms with Crippen LogP contribution in [0.2, 0.25) is 0 Å². The summed E-state index contributed by atoms with van der Waals surface area (Å²) >= 11 is 0. The summed E-state index contributed by atoms with van der Waals surface area (Å²) in [4.78, 5) is 42.5. The largest absolute Gasteiger partial charge is 0.483 e. The smallest absolute Gasteiger partial charge is 0.308 e. The van der Waals surface area contributed by atoms with Gasteiger partial charge in [-0.15, -0.1) is 0 Å². The molecule has 0 radical (unpaired) electrons. The van der Waals surface area contributed by atoms with Crippen LogP contribution in [0.1, 0.15) is 95.2 Å². The van der Waals surface area contributed by atoms with E-state index in [0.29, 0.717) is 36.9 Å². The van der Waals surface area contributed by atoms with Crippen molar-refractivity contribution in [1.82, 2.24) is 9.80 Å². The number of ether oxygens (including phenoxy) is 2. The molecule has 7 heteroatoms. The number of likely N-dealkylation sites (N-methyl/N-ethyl adjacent to an activating group) is 1. The lowest BCUT2D eigenvalue weighted by atomic mass is 9.51. The molecule has 1 saturated heterocycles. The molecule has 2 heterocycles. The minimum Gasteiger partial charge on any atom is -0.483 e. The summed E-state index contributed by atoms with van der Waals surface area (Å²) in [7, 11) is 0. The van der Waals surface area contributed by atoms with Gasteiger partial charge in [0.25, 0.3) is 0 Å². The summed E-state index contributed by atoms with van der Waals surface area (Å²) < 4.78 is 12.6. The van der Waals surface area contributed by atoms with Gasteiger partial charge in [-0.1, -0.05) is 55.7 Å². The molecule has 0 N–H and O–H groups in total. The van der Waals surface area contributed by atoms with E-state index in [1.807, 2.05) is 6.07 Å². The third kappa shape index (κ3) is 5.68. The van der Waals surface area contributed by atoms with Crippen molar-refractivity contribution >= 4 is 17.7 Å². The zero-order valence-corrected chi connectivity index (χ0v) is 26.7. The van der Waals surface area contributed by atoms with Crippen molar-refractivity contribution in [1.29, 1.82) is 0 Å². The molecule has 2 aromatic carbocycles. The van der Waals surface area contributed by atoms with Crippen LogP contribution in [0.4, 0.5) is 0 Å². The Balaban J connectivity index is 1.17. The maximum absolute atomic E-state index is 13.8. The monoisotopic (exact) mass is 600 g/mol. The fraction of sp³-hybridized carbons (Fsp3) is 0.595. The number of piperidine rings is 1. The first-order chi connectivity index (χ1) is 21.3. The maximum Gasteiger partial charge on any atom is 0.308 e. The molecule has 1 amide bonds. The minimum atomic E-state index is -0.360. The molecule has 0 unspecified atom stereocenters. The second kappa shape index (κ2) is 13.0. The summed E-state index contributed by atoms with van der Waals surface area (Å²) in [5.74, 6) is 1.59. The van der Waals surface area contributed by atoms with Crippen molar-refractivity contribution in [2.24, 2.45) is 5.92 Å². The zero-order chi connectivity index (χ0) is 30.8. The van der Waals surface area contributed by atoms with Crippen LogP contribution in [0.15, 0.2) is 42.5 Å². The molecule has 2 aliphatic carbocycles. The number of ketones is 1. The summed E-state index contributed by atoms with van der Waals surface area (Å²) in [5, 5.41) is 0. The van der Waals surface area contributed by atoms with Crippen molar-refractivity contribution in [2.75, 3.05) is 19.6 Å². The van der Waals surface area contributed by atoms with E-state index in [-0.39, 0.29) is 41.3 Å². The predicted molar refractivity (Wildman–Crippen MR) is 170 cm³/mol. The number of esters is 1. The molecule has 5 atom stereocenters. The Morgan fingerprint density at radius 1 is 1.00 bits per heavy atom. The fourth-order valence-corrected chi connectivity index (χ4v) is 9.14. The first-order valence-electron chi connectivity index (χ1n) is 16.9. The molecule has 1 spiro atoms. The van der Waals surface area contributed by atoms with Crippen LogP contribution >= 0.6 is 0 Å². The highest BCUT2D eigenvalue weighted by Gasteiger charge is 2.66. The molecule has 7 nitrogen and oxygen atoms in total. The van der Waals surface area contributed by atoms with Gasteiger partial charge in [0.15, 0.2) is 11.5 Å². The number of benzene rings is 2. The van der Waals surface area contributed by atoms with Crippen LogP contribution in [0, 0.1) is 5.92 Å². The van der Waals surface area contributed by atoms with E-state index in [4.69, 9.17) is 9.47 Å². The SMILES string of the molecule is CCN(C(=O)CCCCCCCc1ccccc1)[C@@H]1CC[C@H]2[C@H]3Cc4ccc(OC(C)=O)c5c4[C@@]2(CCN3CC(C)=O)[C@H]1O5. The first kappa shape index (κ1) is 30.8. The fourth-order valence-electron chi connectivity index (χ4n) is 9.14. The van der Waals surface area contributed by atoms with E-state index < -0.39 is 0 Å². The highest BCUT2D eigenvalue weighted by atomic mass is 16.6. The zero-order valence-electron chi connectivity index (χ0n) is 26.7. The Hall–Kier alpha value is -3.19. The molecule has 2 bridgehead atoms. The molecule has 4 aliphatic rings. The summed E-state index contributed by atoms with van der Waals surface area (Å²) in [6.07, 6.45) is 10.6. The third-order valence-corrected chi connectivity index (χ3v) is 10.8. The topological polar surface area (TPSA) is 76.2 Å². The first-order valence-corrected chi connectivity index (χ1v) is 16.9. The quantitative estimate of drug-likeness (QED) is 0.159. The number of rotatable bonds is 13. The molecule has 6 rings (SSSR count). The van der Waals surface area contributed by atoms with Crippen molar-refractivity contribution in [2.45, 2.75) is 115 Å². The Morgan fingerprint density at radius 2 is 1.77 bits per heavy atom. The number of likely N-dealkylation sites (tertiary alicyclic amines) is 1. The Bertz CT molecular complexity index is 1380. The van der Waals surface area contributed by atoms with Gasteiger partial charge in [0.1, 0.15) is 11.9 Å². The van der Waals surface area contributed by atoms with Gasteiger partial charge in [-0.25, -0.2) is 0 Å². The lowest BCUT2D eigenvalue weighted by molar-refractivity contribution is -0.143. The van der Waals surface area contributed by atoms with Crippen LogP contribution in [0.5, 0.6) is 11.5 Å². The molecule has 1 saturated carbocycles. The lowest BCUT2D eigenvalue weighted by Crippen LogP contribution is -2.69. The number of Topliss-reactive ketones (excluding diaryl/α,β-unsaturated/α-hetero) is 1. The van der Waals surface area contributed by atoms with E-state index in [2.05, 4.69) is 53.1 Å². The Labute approximate surface area is 262 Å². The highest BCUT2D eigenvalue weighted by molar-refractivity contribution is 5.78. The van der Waals surface area contributed by atoms with Crippen LogP contribution < -0.4 is 9.47 Å². The molecule has 2 aromatic rings. The van der Waals surface area contributed by atoms with Gasteiger partial charge in [-0.05, 0) is 88.4 Å². The number of amides is 1. The van der Waals surface area contributed by atoms with Crippen LogP contribution in [0.3, 0.4) is 0 Å². The summed E-state index contributed by atoms with van der Waals surface area (Å²) in [6.45, 7) is 7.15. The number of carbonyl (C=O) groups excluding carboxylic acids is 3. The van der Waals surface area contributed by atoms with Crippen molar-refractivity contribution in [3.05, 3.63) is 59.2 Å². The number of nitrogens with zero attached hydrogens (tertiary/aromatic N) is 2. The van der Waals surface area contributed by atoms with E-state index in [0.717, 1.165) is 57.9 Å². The number of unbranched alkanes of at least 4 members (excludes halogenated alkanes) is 4. The molecule has 236 valence electrons. The van der Waals surface area contributed by atoms with Crippen LogP contribution in [-0.2, 0) is 32.6 Å². The molecule has 0 aromatic heterocycles. The van der Waals surface area contributed by atoms with Crippen LogP contribution in [-0.4, -0.2) is 65.3 Å². The van der Waals surface area contributed by atoms with E-state index in [1.165, 1.54) is 36.5 Å². The predicted octanol–water partition coefficient (Wildman–Crippen LogP) is 6.04. The second-order valence-corrected chi connectivity index (χ2v) is 13.5. The second-order valence-electron chi connectivity index (χ2n) is 13.5. The van der Waals surface area contributed by atoms with Gasteiger partial charge in [-0.3, -0.25) is 19.3 Å². The molecule has 2 fully saturated rings. The van der Waals surface area contributed by atoms with Gasteiger partial charge in [0, 0.05) is 36.9 Å². The minimum absolute atomic E-state index is 0.0295. The van der Waals surface area contributed by atoms with Gasteiger partial charge in [0.05, 0.1) is 12.6 Å². The van der Waals surface area contributed by atoms with Gasteiger partial charge < -0.3 is 14.4 Å².